The van der Waals surface area contributed by atoms with Gasteiger partial charge >= 0.3 is 0 Å². The number of amides is 1. The molecule has 1 atom stereocenters. The number of nitro benzene ring substituents is 1. The predicted octanol–water partition coefficient (Wildman–Crippen LogP) is 9.12. The number of anilines is 2. The zero-order valence-electron chi connectivity index (χ0n) is 34.1. The number of hydrogen-bond acceptors (Lipinski definition) is 11. The summed E-state index contributed by atoms with van der Waals surface area (Å²) < 4.78 is 46.9. The Kier molecular flexibility index (Phi) is 11.9. The first-order valence-corrected chi connectivity index (χ1v) is 22.6. The Hall–Kier alpha value is -6.29. The van der Waals surface area contributed by atoms with Gasteiger partial charge in [-0.05, 0) is 121 Å². The summed E-state index contributed by atoms with van der Waals surface area (Å²) in [5.41, 5.74) is 5.90. The Morgan fingerprint density at radius 3 is 2.39 bits per heavy atom. The molecule has 0 bridgehead atoms. The summed E-state index contributed by atoms with van der Waals surface area (Å²) in [6.45, 7) is 4.26. The minimum absolute atomic E-state index is 0.0598. The van der Waals surface area contributed by atoms with Crippen LogP contribution < -0.4 is 19.7 Å². The van der Waals surface area contributed by atoms with Crippen molar-refractivity contribution >= 4 is 44.0 Å². The Morgan fingerprint density at radius 1 is 0.871 bits per heavy atom. The monoisotopic (exact) mass is 856 g/mol. The molecule has 0 spiro atoms. The molecular formula is C47H48N6O8S. The standard InChI is InChI=1S/C47H48N6O8S/c54-47(51-62(57,58)38-12-14-42(44(28-38)53(55)56)49-29-31-16-22-59-23-17-31)41-13-9-34(27-45(41)61-37-26-35-15-20-48-46(35)50-30-37)32-7-10-36(11-8-32)52-21-3-6-43(52)40-5-2-1-4-39(40)33-18-24-60-25-19-33/h1-2,4-5,7-15,20,26-28,30-31,33,43,49H,3,6,16-19,21-25,29H2,(H,48,50)(H,51,54). The molecule has 14 nitrogen and oxygen atoms in total. The molecule has 320 valence electrons. The van der Waals surface area contributed by atoms with Gasteiger partial charge in [0.25, 0.3) is 21.6 Å². The van der Waals surface area contributed by atoms with E-state index in [2.05, 4.69) is 61.3 Å². The number of pyridine rings is 1. The molecule has 3 aliphatic heterocycles. The molecule has 3 saturated heterocycles. The third kappa shape index (κ3) is 8.87. The maximum absolute atomic E-state index is 13.9. The molecule has 6 aromatic rings. The average molecular weight is 857 g/mol. The number of hydrogen-bond donors (Lipinski definition) is 3. The van der Waals surface area contributed by atoms with E-state index in [1.54, 1.807) is 24.4 Å². The van der Waals surface area contributed by atoms with Crippen LogP contribution in [0.1, 0.15) is 72.0 Å². The summed E-state index contributed by atoms with van der Waals surface area (Å²) in [4.78, 5) is 34.9. The number of ether oxygens (including phenoxy) is 3. The molecule has 1 amide bonds. The van der Waals surface area contributed by atoms with Gasteiger partial charge in [0, 0.05) is 62.9 Å². The normalized spacial score (nSPS) is 17.5. The van der Waals surface area contributed by atoms with Gasteiger partial charge < -0.3 is 29.4 Å². The minimum Gasteiger partial charge on any atom is -0.455 e. The van der Waals surface area contributed by atoms with E-state index in [9.17, 15) is 23.3 Å². The summed E-state index contributed by atoms with van der Waals surface area (Å²) in [5, 5.41) is 16.0. The van der Waals surface area contributed by atoms with E-state index >= 15 is 0 Å². The van der Waals surface area contributed by atoms with Crippen molar-refractivity contribution in [1.29, 1.82) is 0 Å². The van der Waals surface area contributed by atoms with Gasteiger partial charge in [-0.1, -0.05) is 42.5 Å². The summed E-state index contributed by atoms with van der Waals surface area (Å²) in [6.07, 6.45) is 9.14. The molecule has 9 rings (SSSR count). The van der Waals surface area contributed by atoms with E-state index in [4.69, 9.17) is 14.2 Å². The van der Waals surface area contributed by atoms with Crippen molar-refractivity contribution in [2.24, 2.45) is 5.92 Å². The van der Waals surface area contributed by atoms with Crippen molar-refractivity contribution in [2.45, 2.75) is 55.4 Å². The van der Waals surface area contributed by atoms with E-state index < -0.39 is 31.4 Å². The van der Waals surface area contributed by atoms with Gasteiger partial charge in [-0.3, -0.25) is 14.9 Å². The van der Waals surface area contributed by atoms with Crippen LogP contribution in [0.25, 0.3) is 22.2 Å². The Balaban J connectivity index is 0.975. The molecule has 5 heterocycles. The van der Waals surface area contributed by atoms with Gasteiger partial charge in [-0.25, -0.2) is 18.1 Å². The number of aromatic amines is 1. The van der Waals surface area contributed by atoms with Crippen molar-refractivity contribution in [3.8, 4) is 22.6 Å². The molecule has 4 aromatic carbocycles. The van der Waals surface area contributed by atoms with Gasteiger partial charge in [-0.2, -0.15) is 0 Å². The highest BCUT2D eigenvalue weighted by atomic mass is 32.2. The number of nitrogens with zero attached hydrogens (tertiary/aromatic N) is 3. The number of nitro groups is 1. The van der Waals surface area contributed by atoms with Crippen LogP contribution in [-0.2, 0) is 19.5 Å². The molecule has 0 aliphatic carbocycles. The zero-order chi connectivity index (χ0) is 42.6. The molecule has 0 saturated carbocycles. The fourth-order valence-corrected chi connectivity index (χ4v) is 9.92. The van der Waals surface area contributed by atoms with E-state index in [0.717, 1.165) is 86.6 Å². The summed E-state index contributed by atoms with van der Waals surface area (Å²) in [6, 6.07) is 29.5. The Labute approximate surface area is 359 Å². The van der Waals surface area contributed by atoms with Gasteiger partial charge in [0.2, 0.25) is 0 Å². The number of nitrogens with one attached hydrogen (secondary N) is 3. The third-order valence-corrected chi connectivity index (χ3v) is 13.6. The van der Waals surface area contributed by atoms with Crippen LogP contribution in [0.15, 0.2) is 114 Å². The lowest BCUT2D eigenvalue weighted by atomic mass is 9.85. The number of rotatable bonds is 13. The van der Waals surface area contributed by atoms with Crippen molar-refractivity contribution in [3.63, 3.8) is 0 Å². The summed E-state index contributed by atoms with van der Waals surface area (Å²) in [5.74, 6) is 0.228. The fraction of sp³-hybridized carbons (Fsp3) is 0.319. The van der Waals surface area contributed by atoms with E-state index in [0.29, 0.717) is 37.1 Å². The number of carbonyl (C=O) groups is 1. The van der Waals surface area contributed by atoms with Gasteiger partial charge in [-0.15, -0.1) is 0 Å². The number of sulfonamides is 1. The zero-order valence-corrected chi connectivity index (χ0v) is 34.9. The van der Waals surface area contributed by atoms with Crippen molar-refractivity contribution in [2.75, 3.05) is 49.7 Å². The van der Waals surface area contributed by atoms with Gasteiger partial charge in [0.05, 0.1) is 27.6 Å². The van der Waals surface area contributed by atoms with Crippen LogP contribution in [0.4, 0.5) is 17.1 Å². The van der Waals surface area contributed by atoms with Crippen LogP contribution in [0.2, 0.25) is 0 Å². The quantitative estimate of drug-likeness (QED) is 0.0745. The molecule has 1 unspecified atom stereocenters. The van der Waals surface area contributed by atoms with Crippen molar-refractivity contribution in [1.82, 2.24) is 14.7 Å². The van der Waals surface area contributed by atoms with E-state index in [1.165, 1.54) is 35.5 Å². The molecule has 2 aromatic heterocycles. The maximum Gasteiger partial charge on any atom is 0.293 e. The molecule has 62 heavy (non-hydrogen) atoms. The van der Waals surface area contributed by atoms with E-state index in [-0.39, 0.29) is 29.0 Å². The Morgan fingerprint density at radius 2 is 1.61 bits per heavy atom. The van der Waals surface area contributed by atoms with Crippen LogP contribution in [0.5, 0.6) is 11.5 Å². The smallest absolute Gasteiger partial charge is 0.293 e. The maximum atomic E-state index is 13.9. The third-order valence-electron chi connectivity index (χ3n) is 12.3. The molecule has 3 N–H and O–H groups in total. The summed E-state index contributed by atoms with van der Waals surface area (Å²) >= 11 is 0. The second-order valence-electron chi connectivity index (χ2n) is 16.1. The number of aromatic nitrogens is 2. The highest BCUT2D eigenvalue weighted by Gasteiger charge is 2.31. The number of H-pyrrole nitrogens is 1. The highest BCUT2D eigenvalue weighted by molar-refractivity contribution is 7.90. The lowest BCUT2D eigenvalue weighted by Crippen LogP contribution is -2.31. The second-order valence-corrected chi connectivity index (χ2v) is 17.8. The average Bonchev–Trinajstić information content (AvgIpc) is 3.99. The first-order chi connectivity index (χ1) is 30.2. The van der Waals surface area contributed by atoms with E-state index in [1.807, 2.05) is 18.2 Å². The lowest BCUT2D eigenvalue weighted by Gasteiger charge is -2.32. The molecule has 15 heteroatoms. The summed E-state index contributed by atoms with van der Waals surface area (Å²) in [7, 11) is -4.57. The molecule has 0 radical (unpaired) electrons. The number of benzene rings is 4. The predicted molar refractivity (Wildman–Crippen MR) is 236 cm³/mol. The number of carbonyl (C=O) groups excluding carboxylic acids is 1. The van der Waals surface area contributed by atoms with Crippen LogP contribution in [0, 0.1) is 16.0 Å². The van der Waals surface area contributed by atoms with Crippen LogP contribution in [0.3, 0.4) is 0 Å². The van der Waals surface area contributed by atoms with Gasteiger partial charge in [0.15, 0.2) is 0 Å². The largest absolute Gasteiger partial charge is 0.455 e. The number of fused-ring (bicyclic) bond motifs is 1. The highest BCUT2D eigenvalue weighted by Crippen LogP contribution is 2.42. The first-order valence-electron chi connectivity index (χ1n) is 21.2. The van der Waals surface area contributed by atoms with Crippen molar-refractivity contribution in [3.05, 3.63) is 136 Å². The molecule has 3 aliphatic rings. The minimum atomic E-state index is -4.57. The van der Waals surface area contributed by atoms with Gasteiger partial charge in [0.1, 0.15) is 22.8 Å². The fourth-order valence-electron chi connectivity index (χ4n) is 8.94. The van der Waals surface area contributed by atoms with Crippen molar-refractivity contribution < 1.29 is 32.3 Å². The Bertz CT molecular complexity index is 2690. The molecule has 3 fully saturated rings. The second kappa shape index (κ2) is 18.0. The van der Waals surface area contributed by atoms with Crippen LogP contribution in [-0.4, -0.2) is 68.7 Å². The lowest BCUT2D eigenvalue weighted by molar-refractivity contribution is -0.384. The molecular weight excluding hydrogens is 809 g/mol. The topological polar surface area (TPSA) is 178 Å². The first kappa shape index (κ1) is 41.1. The van der Waals surface area contributed by atoms with Crippen LogP contribution >= 0.6 is 0 Å². The SMILES string of the molecule is O=C(NS(=O)(=O)c1ccc(NCC2CCOCC2)c([N+](=O)[O-])c1)c1ccc(-c2ccc(N3CCCC3c3ccccc3C3CCOCC3)cc2)cc1Oc1cnc2[nH]ccc2c1.